The Bertz CT molecular complexity index is 751. The number of fused-ring (bicyclic) bond motifs is 1. The summed E-state index contributed by atoms with van der Waals surface area (Å²) < 4.78 is 13.2. The van der Waals surface area contributed by atoms with Gasteiger partial charge in [-0.1, -0.05) is 147 Å². The smallest absolute Gasteiger partial charge is 0.398 e. The average Bonchev–Trinajstić information content (AvgIpc) is 2.88. The lowest BCUT2D eigenvalue weighted by atomic mass is 10.0. The standard InChI is InChI=1S/C31H52O2Si/c1-4-7-8-9-10-11-12-13-14-15-16-17-18-19-22-28-32-34(5-2,6-3)33-31-27-23-25-29-24-20-21-26-30(29)31/h20-21,23-27H,4-19,22,28H2,1-3H3. The number of hydrogen-bond acceptors (Lipinski definition) is 2. The highest BCUT2D eigenvalue weighted by Gasteiger charge is 2.36. The number of rotatable bonds is 21. The molecule has 34 heavy (non-hydrogen) atoms. The highest BCUT2D eigenvalue weighted by atomic mass is 28.4. The molecule has 0 saturated heterocycles. The number of hydrogen-bond donors (Lipinski definition) is 0. The van der Waals surface area contributed by atoms with E-state index in [0.29, 0.717) is 0 Å². The number of benzene rings is 2. The zero-order valence-corrected chi connectivity index (χ0v) is 23.6. The summed E-state index contributed by atoms with van der Waals surface area (Å²) >= 11 is 0. The molecule has 0 heterocycles. The van der Waals surface area contributed by atoms with Gasteiger partial charge >= 0.3 is 8.56 Å². The van der Waals surface area contributed by atoms with E-state index in [1.54, 1.807) is 0 Å². The largest absolute Gasteiger partial charge is 0.520 e. The topological polar surface area (TPSA) is 18.5 Å². The molecule has 0 fully saturated rings. The lowest BCUT2D eigenvalue weighted by Gasteiger charge is -2.30. The Morgan fingerprint density at radius 3 is 1.62 bits per heavy atom. The molecule has 0 unspecified atom stereocenters. The third-order valence-corrected chi connectivity index (χ3v) is 10.7. The predicted octanol–water partition coefficient (Wildman–Crippen LogP) is 10.6. The van der Waals surface area contributed by atoms with Crippen molar-refractivity contribution in [2.45, 2.75) is 129 Å². The van der Waals surface area contributed by atoms with E-state index in [1.807, 2.05) is 0 Å². The van der Waals surface area contributed by atoms with Crippen LogP contribution in [0.25, 0.3) is 10.8 Å². The molecule has 2 rings (SSSR count). The first kappa shape index (κ1) is 28.9. The molecular weight excluding hydrogens is 432 g/mol. The van der Waals surface area contributed by atoms with Crippen molar-refractivity contribution in [3.63, 3.8) is 0 Å². The maximum Gasteiger partial charge on any atom is 0.398 e. The molecule has 0 atom stereocenters. The second kappa shape index (κ2) is 18.0. The van der Waals surface area contributed by atoms with Crippen LogP contribution in [-0.2, 0) is 4.43 Å². The van der Waals surface area contributed by atoms with Crippen LogP contribution in [0.3, 0.4) is 0 Å². The van der Waals surface area contributed by atoms with Crippen LogP contribution in [0.15, 0.2) is 42.5 Å². The van der Waals surface area contributed by atoms with Gasteiger partial charge in [-0.3, -0.25) is 0 Å². The summed E-state index contributed by atoms with van der Waals surface area (Å²) in [6.45, 7) is 7.60. The molecule has 0 aliphatic heterocycles. The molecule has 0 aromatic heterocycles. The molecule has 0 saturated carbocycles. The minimum Gasteiger partial charge on any atom is -0.520 e. The van der Waals surface area contributed by atoms with Gasteiger partial charge in [0, 0.05) is 12.0 Å². The van der Waals surface area contributed by atoms with Gasteiger partial charge in [-0.15, -0.1) is 0 Å². The molecule has 2 aromatic rings. The normalized spacial score (nSPS) is 11.9. The quantitative estimate of drug-likeness (QED) is 0.129. The van der Waals surface area contributed by atoms with E-state index >= 15 is 0 Å². The van der Waals surface area contributed by atoms with Gasteiger partial charge in [0.25, 0.3) is 0 Å². The van der Waals surface area contributed by atoms with Crippen LogP contribution in [0.1, 0.15) is 117 Å². The van der Waals surface area contributed by atoms with E-state index in [2.05, 4.69) is 63.2 Å². The predicted molar refractivity (Wildman–Crippen MR) is 152 cm³/mol. The first-order chi connectivity index (χ1) is 16.7. The van der Waals surface area contributed by atoms with Crippen LogP contribution in [-0.4, -0.2) is 15.2 Å². The van der Waals surface area contributed by atoms with Gasteiger partial charge in [0.1, 0.15) is 5.75 Å². The van der Waals surface area contributed by atoms with Crippen molar-refractivity contribution in [2.24, 2.45) is 0 Å². The molecule has 2 aromatic carbocycles. The maximum atomic E-state index is 6.65. The SMILES string of the molecule is CCCCCCCCCCCCCCCCCO[Si](CC)(CC)Oc1cccc2ccccc12. The molecule has 192 valence electrons. The molecular formula is C31H52O2Si. The monoisotopic (exact) mass is 484 g/mol. The fourth-order valence-electron chi connectivity index (χ4n) is 4.84. The van der Waals surface area contributed by atoms with Gasteiger partial charge in [-0.25, -0.2) is 0 Å². The lowest BCUT2D eigenvalue weighted by Crippen LogP contribution is -2.44. The van der Waals surface area contributed by atoms with Crippen LogP contribution in [0, 0.1) is 0 Å². The van der Waals surface area contributed by atoms with Crippen molar-refractivity contribution in [2.75, 3.05) is 6.61 Å². The first-order valence-electron chi connectivity index (χ1n) is 14.6. The second-order valence-electron chi connectivity index (χ2n) is 10.00. The highest BCUT2D eigenvalue weighted by molar-refractivity contribution is 6.68. The Kier molecular flexibility index (Phi) is 15.3. The van der Waals surface area contributed by atoms with E-state index < -0.39 is 8.56 Å². The third kappa shape index (κ3) is 10.9. The van der Waals surface area contributed by atoms with E-state index in [0.717, 1.165) is 30.9 Å². The van der Waals surface area contributed by atoms with Crippen LogP contribution in [0.2, 0.25) is 12.1 Å². The Labute approximate surface area is 212 Å². The summed E-state index contributed by atoms with van der Waals surface area (Å²) in [6.07, 6.45) is 20.9. The Hall–Kier alpha value is -1.32. The third-order valence-electron chi connectivity index (χ3n) is 7.24. The Morgan fingerprint density at radius 1 is 0.559 bits per heavy atom. The fourth-order valence-corrected chi connectivity index (χ4v) is 7.20. The molecule has 0 spiro atoms. The zero-order valence-electron chi connectivity index (χ0n) is 22.6. The van der Waals surface area contributed by atoms with Gasteiger partial charge in [0.2, 0.25) is 0 Å². The van der Waals surface area contributed by atoms with Crippen molar-refractivity contribution in [3.8, 4) is 5.75 Å². The molecule has 0 aliphatic rings. The molecule has 3 heteroatoms. The van der Waals surface area contributed by atoms with Crippen LogP contribution in [0.4, 0.5) is 0 Å². The summed E-state index contributed by atoms with van der Waals surface area (Å²) in [4.78, 5) is 0. The minimum atomic E-state index is -2.21. The second-order valence-corrected chi connectivity index (χ2v) is 13.7. The van der Waals surface area contributed by atoms with Gasteiger partial charge in [0.05, 0.1) is 0 Å². The Morgan fingerprint density at radius 2 is 1.06 bits per heavy atom. The molecule has 0 amide bonds. The van der Waals surface area contributed by atoms with Gasteiger partial charge in [-0.2, -0.15) is 0 Å². The fraction of sp³-hybridized carbons (Fsp3) is 0.677. The van der Waals surface area contributed by atoms with Crippen molar-refractivity contribution < 1.29 is 8.85 Å². The lowest BCUT2D eigenvalue weighted by molar-refractivity contribution is 0.231. The summed E-state index contributed by atoms with van der Waals surface area (Å²) in [5.41, 5.74) is 0. The van der Waals surface area contributed by atoms with Crippen molar-refractivity contribution in [1.29, 1.82) is 0 Å². The first-order valence-corrected chi connectivity index (χ1v) is 16.8. The van der Waals surface area contributed by atoms with Gasteiger partial charge < -0.3 is 8.85 Å². The van der Waals surface area contributed by atoms with E-state index in [9.17, 15) is 0 Å². The van der Waals surface area contributed by atoms with Crippen LogP contribution in [0.5, 0.6) is 5.75 Å². The van der Waals surface area contributed by atoms with Crippen LogP contribution < -0.4 is 4.43 Å². The average molecular weight is 485 g/mol. The van der Waals surface area contributed by atoms with Gasteiger partial charge in [-0.05, 0) is 30.0 Å². The molecule has 0 bridgehead atoms. The maximum absolute atomic E-state index is 6.65. The molecule has 0 aliphatic carbocycles. The number of unbranched alkanes of at least 4 members (excludes halogenated alkanes) is 14. The van der Waals surface area contributed by atoms with Crippen LogP contribution >= 0.6 is 0 Å². The molecule has 0 N–H and O–H groups in total. The molecule has 0 radical (unpaired) electrons. The summed E-state index contributed by atoms with van der Waals surface area (Å²) in [7, 11) is -2.21. The Balaban J connectivity index is 1.54. The van der Waals surface area contributed by atoms with Crippen molar-refractivity contribution in [1.82, 2.24) is 0 Å². The van der Waals surface area contributed by atoms with E-state index in [-0.39, 0.29) is 0 Å². The summed E-state index contributed by atoms with van der Waals surface area (Å²) in [5, 5.41) is 2.43. The summed E-state index contributed by atoms with van der Waals surface area (Å²) in [5.74, 6) is 0.991. The van der Waals surface area contributed by atoms with Crippen molar-refractivity contribution >= 4 is 19.3 Å². The van der Waals surface area contributed by atoms with Gasteiger partial charge in [0.15, 0.2) is 0 Å². The summed E-state index contributed by atoms with van der Waals surface area (Å²) in [6, 6.07) is 16.8. The van der Waals surface area contributed by atoms with E-state index in [1.165, 1.54) is 101 Å². The van der Waals surface area contributed by atoms with E-state index in [4.69, 9.17) is 8.85 Å². The molecule has 2 nitrogen and oxygen atoms in total. The van der Waals surface area contributed by atoms with Crippen molar-refractivity contribution in [3.05, 3.63) is 42.5 Å². The zero-order chi connectivity index (χ0) is 24.3. The minimum absolute atomic E-state index is 0.844. The highest BCUT2D eigenvalue weighted by Crippen LogP contribution is 2.30.